The van der Waals surface area contributed by atoms with Crippen LogP contribution in [-0.2, 0) is 0 Å². The third kappa shape index (κ3) is 4.24. The zero-order valence-electron chi connectivity index (χ0n) is 10.5. The van der Waals surface area contributed by atoms with Crippen molar-refractivity contribution in [2.75, 3.05) is 20.6 Å². The Kier molecular flexibility index (Phi) is 5.46. The molecule has 0 aliphatic rings. The molecule has 0 fully saturated rings. The Morgan fingerprint density at radius 2 is 2.00 bits per heavy atom. The lowest BCUT2D eigenvalue weighted by Gasteiger charge is -2.23. The van der Waals surface area contributed by atoms with Crippen LogP contribution in [0, 0.1) is 0 Å². The minimum Gasteiger partial charge on any atom is -0.309 e. The number of nitrogens with zero attached hydrogens (tertiary/aromatic N) is 1. The van der Waals surface area contributed by atoms with E-state index < -0.39 is 0 Å². The van der Waals surface area contributed by atoms with Gasteiger partial charge in [0.1, 0.15) is 0 Å². The van der Waals surface area contributed by atoms with Crippen LogP contribution in [0.1, 0.15) is 25.5 Å². The SMILES string of the molecule is CC(NCC(C)N(C)C)c1cccc(Br)c1. The van der Waals surface area contributed by atoms with E-state index in [1.807, 2.05) is 0 Å². The molecule has 2 atom stereocenters. The lowest BCUT2D eigenvalue weighted by molar-refractivity contribution is 0.295. The summed E-state index contributed by atoms with van der Waals surface area (Å²) in [5.41, 5.74) is 1.32. The summed E-state index contributed by atoms with van der Waals surface area (Å²) in [4.78, 5) is 2.22. The summed E-state index contributed by atoms with van der Waals surface area (Å²) in [6.45, 7) is 5.42. The molecule has 0 aromatic heterocycles. The maximum absolute atomic E-state index is 3.54. The van der Waals surface area contributed by atoms with Crippen molar-refractivity contribution in [3.8, 4) is 0 Å². The van der Waals surface area contributed by atoms with E-state index in [9.17, 15) is 0 Å². The number of benzene rings is 1. The van der Waals surface area contributed by atoms with Gasteiger partial charge in [0.25, 0.3) is 0 Å². The lowest BCUT2D eigenvalue weighted by Crippen LogP contribution is -2.36. The van der Waals surface area contributed by atoms with Crippen LogP contribution >= 0.6 is 15.9 Å². The molecule has 2 unspecified atom stereocenters. The van der Waals surface area contributed by atoms with Gasteiger partial charge < -0.3 is 10.2 Å². The normalized spacial score (nSPS) is 15.1. The summed E-state index contributed by atoms with van der Waals surface area (Å²) in [5.74, 6) is 0. The smallest absolute Gasteiger partial charge is 0.0292 e. The Balaban J connectivity index is 2.49. The summed E-state index contributed by atoms with van der Waals surface area (Å²) < 4.78 is 1.14. The van der Waals surface area contributed by atoms with E-state index in [-0.39, 0.29) is 0 Å². The Morgan fingerprint density at radius 1 is 1.31 bits per heavy atom. The average molecular weight is 285 g/mol. The zero-order chi connectivity index (χ0) is 12.1. The van der Waals surface area contributed by atoms with Crippen LogP contribution in [0.4, 0.5) is 0 Å². The van der Waals surface area contributed by atoms with E-state index in [1.165, 1.54) is 5.56 Å². The third-order valence-electron chi connectivity index (χ3n) is 2.95. The molecule has 90 valence electrons. The Labute approximate surface area is 107 Å². The predicted octanol–water partition coefficient (Wildman–Crippen LogP) is 3.05. The molecule has 0 aliphatic carbocycles. The standard InChI is InChI=1S/C13H21BrN2/c1-10(16(3)4)9-15-11(2)12-6-5-7-13(14)8-12/h5-8,10-11,15H,9H2,1-4H3. The van der Waals surface area contributed by atoms with Crippen LogP contribution < -0.4 is 5.32 Å². The van der Waals surface area contributed by atoms with E-state index in [0.29, 0.717) is 12.1 Å². The Morgan fingerprint density at radius 3 is 2.56 bits per heavy atom. The second kappa shape index (κ2) is 6.38. The van der Waals surface area contributed by atoms with Crippen LogP contribution in [0.15, 0.2) is 28.7 Å². The highest BCUT2D eigenvalue weighted by Gasteiger charge is 2.08. The molecular formula is C13H21BrN2. The summed E-state index contributed by atoms with van der Waals surface area (Å²) >= 11 is 3.50. The van der Waals surface area contributed by atoms with Crippen molar-refractivity contribution in [3.63, 3.8) is 0 Å². The fraction of sp³-hybridized carbons (Fsp3) is 0.538. The fourth-order valence-electron chi connectivity index (χ4n) is 1.42. The molecule has 0 saturated carbocycles. The summed E-state index contributed by atoms with van der Waals surface area (Å²) in [6, 6.07) is 9.39. The van der Waals surface area contributed by atoms with E-state index in [0.717, 1.165) is 11.0 Å². The number of nitrogens with one attached hydrogen (secondary N) is 1. The number of halogens is 1. The summed E-state index contributed by atoms with van der Waals surface area (Å²) in [6.07, 6.45) is 0. The van der Waals surface area contributed by atoms with Crippen molar-refractivity contribution in [2.24, 2.45) is 0 Å². The Hall–Kier alpha value is -0.380. The van der Waals surface area contributed by atoms with Gasteiger partial charge in [-0.2, -0.15) is 0 Å². The molecule has 16 heavy (non-hydrogen) atoms. The first kappa shape index (κ1) is 13.7. The van der Waals surface area contributed by atoms with Crippen molar-refractivity contribution >= 4 is 15.9 Å². The largest absolute Gasteiger partial charge is 0.309 e. The molecule has 1 aromatic rings. The van der Waals surface area contributed by atoms with Crippen molar-refractivity contribution in [3.05, 3.63) is 34.3 Å². The highest BCUT2D eigenvalue weighted by Crippen LogP contribution is 2.17. The van der Waals surface area contributed by atoms with Gasteiger partial charge in [0.2, 0.25) is 0 Å². The van der Waals surface area contributed by atoms with Crippen LogP contribution in [0.2, 0.25) is 0 Å². The monoisotopic (exact) mass is 284 g/mol. The van der Waals surface area contributed by atoms with Crippen molar-refractivity contribution < 1.29 is 0 Å². The van der Waals surface area contributed by atoms with E-state index in [1.54, 1.807) is 0 Å². The molecule has 2 nitrogen and oxygen atoms in total. The first-order chi connectivity index (χ1) is 7.50. The highest BCUT2D eigenvalue weighted by atomic mass is 79.9. The summed E-state index contributed by atoms with van der Waals surface area (Å²) in [7, 11) is 4.21. The van der Waals surface area contributed by atoms with E-state index in [2.05, 4.69) is 78.4 Å². The molecule has 0 saturated heterocycles. The predicted molar refractivity (Wildman–Crippen MR) is 73.7 cm³/mol. The molecule has 0 bridgehead atoms. The molecule has 1 aromatic carbocycles. The third-order valence-corrected chi connectivity index (χ3v) is 3.44. The van der Waals surface area contributed by atoms with Crippen LogP contribution in [-0.4, -0.2) is 31.6 Å². The van der Waals surface area contributed by atoms with Gasteiger partial charge in [-0.15, -0.1) is 0 Å². The van der Waals surface area contributed by atoms with Gasteiger partial charge in [-0.1, -0.05) is 28.1 Å². The van der Waals surface area contributed by atoms with Gasteiger partial charge in [-0.3, -0.25) is 0 Å². The van der Waals surface area contributed by atoms with Crippen molar-refractivity contribution in [1.82, 2.24) is 10.2 Å². The molecule has 1 rings (SSSR count). The first-order valence-corrected chi connectivity index (χ1v) is 6.45. The van der Waals surface area contributed by atoms with Gasteiger partial charge >= 0.3 is 0 Å². The molecule has 0 aliphatic heterocycles. The van der Waals surface area contributed by atoms with Crippen LogP contribution in [0.3, 0.4) is 0 Å². The molecule has 0 radical (unpaired) electrons. The maximum atomic E-state index is 3.54. The highest BCUT2D eigenvalue weighted by molar-refractivity contribution is 9.10. The number of hydrogen-bond acceptors (Lipinski definition) is 2. The van der Waals surface area contributed by atoms with Gasteiger partial charge in [0, 0.05) is 23.1 Å². The molecule has 0 spiro atoms. The topological polar surface area (TPSA) is 15.3 Å². The quantitative estimate of drug-likeness (QED) is 0.894. The fourth-order valence-corrected chi connectivity index (χ4v) is 1.84. The zero-order valence-corrected chi connectivity index (χ0v) is 12.1. The minimum absolute atomic E-state index is 0.389. The molecule has 1 N–H and O–H groups in total. The van der Waals surface area contributed by atoms with E-state index >= 15 is 0 Å². The second-order valence-corrected chi connectivity index (χ2v) is 5.41. The minimum atomic E-state index is 0.389. The number of likely N-dealkylation sites (N-methyl/N-ethyl adjacent to an activating group) is 1. The van der Waals surface area contributed by atoms with Gasteiger partial charge in [0.05, 0.1) is 0 Å². The molecule has 3 heteroatoms. The van der Waals surface area contributed by atoms with Crippen LogP contribution in [0.25, 0.3) is 0 Å². The van der Waals surface area contributed by atoms with Gasteiger partial charge in [0.15, 0.2) is 0 Å². The Bertz CT molecular complexity index is 325. The molecule has 0 heterocycles. The second-order valence-electron chi connectivity index (χ2n) is 4.50. The van der Waals surface area contributed by atoms with Gasteiger partial charge in [-0.05, 0) is 45.6 Å². The first-order valence-electron chi connectivity index (χ1n) is 5.66. The summed E-state index contributed by atoms with van der Waals surface area (Å²) in [5, 5.41) is 3.54. The average Bonchev–Trinajstić information content (AvgIpc) is 2.25. The number of rotatable bonds is 5. The van der Waals surface area contributed by atoms with Gasteiger partial charge in [-0.25, -0.2) is 0 Å². The number of hydrogen-bond donors (Lipinski definition) is 1. The van der Waals surface area contributed by atoms with Crippen molar-refractivity contribution in [1.29, 1.82) is 0 Å². The van der Waals surface area contributed by atoms with Crippen molar-refractivity contribution in [2.45, 2.75) is 25.9 Å². The van der Waals surface area contributed by atoms with Crippen LogP contribution in [0.5, 0.6) is 0 Å². The maximum Gasteiger partial charge on any atom is 0.0292 e. The molecule has 0 amide bonds. The molecular weight excluding hydrogens is 264 g/mol. The van der Waals surface area contributed by atoms with E-state index in [4.69, 9.17) is 0 Å². The lowest BCUT2D eigenvalue weighted by atomic mass is 10.1.